The zero-order valence-electron chi connectivity index (χ0n) is 13.0. The van der Waals surface area contributed by atoms with Crippen molar-refractivity contribution in [3.05, 3.63) is 23.3 Å². The fourth-order valence-electron chi connectivity index (χ4n) is 1.14. The van der Waals surface area contributed by atoms with Gasteiger partial charge in [-0.25, -0.2) is 14.2 Å². The highest BCUT2D eigenvalue weighted by atomic mass is 19.4. The smallest absolute Gasteiger partial charge is 0.243 e. The maximum atomic E-state index is 13.0. The van der Waals surface area contributed by atoms with Crippen molar-refractivity contribution in [3.8, 4) is 0 Å². The zero-order chi connectivity index (χ0) is 25.4. The van der Waals surface area contributed by atoms with E-state index in [4.69, 9.17) is 0 Å². The number of alkyl halides is 14. The van der Waals surface area contributed by atoms with Crippen LogP contribution in [0.2, 0.25) is 0 Å². The normalized spacial score (nSPS) is 16.8. The van der Waals surface area contributed by atoms with Gasteiger partial charge in [-0.3, -0.25) is 0 Å². The molecule has 0 bridgehead atoms. The van der Waals surface area contributed by atoms with Gasteiger partial charge in [-0.1, -0.05) is 0 Å². The third kappa shape index (κ3) is 8.27. The van der Waals surface area contributed by atoms with E-state index in [-0.39, 0.29) is 0 Å². The van der Waals surface area contributed by atoms with Gasteiger partial charge in [0, 0.05) is 0 Å². The van der Waals surface area contributed by atoms with Crippen LogP contribution in [0.25, 0.3) is 0 Å². The number of rotatable bonds is 8. The molecule has 3 nitrogen and oxygen atoms in total. The molecule has 31 heavy (non-hydrogen) atoms. The molecule has 0 amide bonds. The molecule has 0 aromatic rings. The summed E-state index contributed by atoms with van der Waals surface area (Å²) in [5.74, 6) is -18.6. The molecule has 0 aliphatic heterocycles. The molecule has 0 atom stereocenters. The molecule has 0 fully saturated rings. The van der Waals surface area contributed by atoms with Gasteiger partial charge < -0.3 is 0 Å². The number of hydrogen-bond donors (Lipinski definition) is 0. The van der Waals surface area contributed by atoms with Crippen molar-refractivity contribution in [1.82, 2.24) is 0 Å². The van der Waals surface area contributed by atoms with E-state index < -0.39 is 60.5 Å². The lowest BCUT2D eigenvalue weighted by molar-refractivity contribution is -0.418. The second-order valence-electron chi connectivity index (χ2n) is 4.52. The van der Waals surface area contributed by atoms with Crippen LogP contribution in [0, 0.1) is 0 Å². The predicted molar refractivity (Wildman–Crippen MR) is 53.6 cm³/mol. The van der Waals surface area contributed by atoms with Crippen molar-refractivity contribution in [1.29, 1.82) is 0 Å². The van der Waals surface area contributed by atoms with E-state index >= 15 is 0 Å². The summed E-state index contributed by atoms with van der Waals surface area (Å²) in [5, 5.41) is 0. The summed E-state index contributed by atoms with van der Waals surface area (Å²) in [6.07, 6.45) is -40.4. The van der Waals surface area contributed by atoms with E-state index in [2.05, 4.69) is 0 Å². The summed E-state index contributed by atoms with van der Waals surface area (Å²) < 4.78 is 228. The average Bonchev–Trinajstić information content (AvgIpc) is 2.46. The first-order valence-electron chi connectivity index (χ1n) is 6.13. The van der Waals surface area contributed by atoms with Gasteiger partial charge in [0.25, 0.3) is 0 Å². The fourth-order valence-corrected chi connectivity index (χ4v) is 1.14. The Morgan fingerprint density at radius 2 is 0.484 bits per heavy atom. The van der Waals surface area contributed by atoms with Gasteiger partial charge in [-0.2, -0.15) is 52.7 Å². The Kier molecular flexibility index (Phi) is 8.04. The van der Waals surface area contributed by atoms with Crippen molar-refractivity contribution >= 4 is 0 Å². The quantitative estimate of drug-likeness (QED) is 0.339. The Balaban J connectivity index is 6.07. The summed E-state index contributed by atoms with van der Waals surface area (Å²) >= 11 is 0. The molecule has 0 aromatic heterocycles. The second-order valence-corrected chi connectivity index (χ2v) is 4.52. The molecule has 0 rings (SSSR count). The fraction of sp³-hybridized carbons (Fsp3) is 0.600. The van der Waals surface area contributed by atoms with Gasteiger partial charge in [0.05, 0.1) is 0 Å². The van der Waals surface area contributed by atoms with Crippen LogP contribution in [0.3, 0.4) is 0 Å². The lowest BCUT2D eigenvalue weighted by atomic mass is 10.3. The Bertz CT molecular complexity index is 653. The molecular weight excluding hydrogens is 510 g/mol. The SMILES string of the molecule is FC(=C(F)C(F)(F)OC(F)(F)C(F)=C(F)C(F)(F)OC(F)(F)F)C(F)(F)OC(F)(F)F. The first kappa shape index (κ1) is 29.1. The molecular formula is C10F18O3. The van der Waals surface area contributed by atoms with Crippen molar-refractivity contribution in [2.45, 2.75) is 37.2 Å². The summed E-state index contributed by atoms with van der Waals surface area (Å²) in [6.45, 7) is 0. The Morgan fingerprint density at radius 3 is 0.645 bits per heavy atom. The monoisotopic (exact) mass is 510 g/mol. The van der Waals surface area contributed by atoms with Crippen LogP contribution in [0.15, 0.2) is 23.3 Å². The van der Waals surface area contributed by atoms with Gasteiger partial charge in [0.2, 0.25) is 23.3 Å². The minimum Gasteiger partial charge on any atom is -0.243 e. The lowest BCUT2D eigenvalue weighted by Crippen LogP contribution is -2.39. The van der Waals surface area contributed by atoms with Crippen molar-refractivity contribution in [3.63, 3.8) is 0 Å². The highest BCUT2D eigenvalue weighted by Gasteiger charge is 2.60. The van der Waals surface area contributed by atoms with Crippen LogP contribution in [0.5, 0.6) is 0 Å². The first-order valence-corrected chi connectivity index (χ1v) is 6.13. The van der Waals surface area contributed by atoms with E-state index in [1.807, 2.05) is 0 Å². The average molecular weight is 510 g/mol. The highest BCUT2D eigenvalue weighted by molar-refractivity contribution is 5.15. The molecule has 184 valence electrons. The summed E-state index contributed by atoms with van der Waals surface area (Å²) in [6, 6.07) is 0. The standard InChI is InChI=1S/C10F18O3/c11-1(3(13)7(19,20)30-9(23,24)25)5(15,16)29-6(17,18)2(12)4(14)8(21,22)31-10(26,27)28. The second kappa shape index (κ2) is 8.56. The van der Waals surface area contributed by atoms with Crippen LogP contribution in [0.4, 0.5) is 79.0 Å². The van der Waals surface area contributed by atoms with Gasteiger partial charge >= 0.3 is 37.2 Å². The molecule has 0 radical (unpaired) electrons. The minimum atomic E-state index is -6.97. The van der Waals surface area contributed by atoms with Crippen LogP contribution in [0.1, 0.15) is 0 Å². The number of ether oxygens (including phenoxy) is 3. The van der Waals surface area contributed by atoms with Crippen LogP contribution in [-0.2, 0) is 14.2 Å². The molecule has 0 saturated heterocycles. The third-order valence-corrected chi connectivity index (χ3v) is 2.15. The van der Waals surface area contributed by atoms with Crippen LogP contribution < -0.4 is 0 Å². The van der Waals surface area contributed by atoms with Gasteiger partial charge in [0.15, 0.2) is 0 Å². The summed E-state index contributed by atoms with van der Waals surface area (Å²) in [7, 11) is 0. The van der Waals surface area contributed by atoms with E-state index in [0.29, 0.717) is 0 Å². The molecule has 0 spiro atoms. The van der Waals surface area contributed by atoms with Gasteiger partial charge in [-0.05, 0) is 0 Å². The molecule has 0 unspecified atom stereocenters. The van der Waals surface area contributed by atoms with E-state index in [1.54, 1.807) is 14.2 Å². The zero-order valence-corrected chi connectivity index (χ0v) is 13.0. The molecule has 21 heteroatoms. The van der Waals surface area contributed by atoms with Crippen molar-refractivity contribution in [2.24, 2.45) is 0 Å². The molecule has 0 aromatic carbocycles. The van der Waals surface area contributed by atoms with Crippen molar-refractivity contribution in [2.75, 3.05) is 0 Å². The summed E-state index contributed by atoms with van der Waals surface area (Å²) in [4.78, 5) is 0. The highest BCUT2D eigenvalue weighted by Crippen LogP contribution is 2.46. The molecule has 0 aliphatic rings. The topological polar surface area (TPSA) is 27.7 Å². The summed E-state index contributed by atoms with van der Waals surface area (Å²) in [5.41, 5.74) is 0. The number of hydrogen-bond acceptors (Lipinski definition) is 3. The molecule has 0 aliphatic carbocycles. The third-order valence-electron chi connectivity index (χ3n) is 2.15. The van der Waals surface area contributed by atoms with Crippen LogP contribution >= 0.6 is 0 Å². The van der Waals surface area contributed by atoms with Gasteiger partial charge in [-0.15, -0.1) is 26.3 Å². The van der Waals surface area contributed by atoms with E-state index in [0.717, 1.165) is 0 Å². The largest absolute Gasteiger partial charge is 0.527 e. The lowest BCUT2D eigenvalue weighted by Gasteiger charge is -2.24. The molecule has 0 N–H and O–H groups in total. The Morgan fingerprint density at radius 1 is 0.323 bits per heavy atom. The minimum absolute atomic E-state index is 1.56. The number of halogens is 18. The molecule has 0 heterocycles. The predicted octanol–water partition coefficient (Wildman–Crippen LogP) is 6.75. The van der Waals surface area contributed by atoms with E-state index in [9.17, 15) is 79.0 Å². The maximum absolute atomic E-state index is 13.0. The maximum Gasteiger partial charge on any atom is 0.527 e. The van der Waals surface area contributed by atoms with Gasteiger partial charge in [0.1, 0.15) is 0 Å². The Labute approximate surface area is 155 Å². The first-order chi connectivity index (χ1) is 13.3. The van der Waals surface area contributed by atoms with Crippen molar-refractivity contribution < 1.29 is 93.2 Å². The molecule has 0 saturated carbocycles. The van der Waals surface area contributed by atoms with E-state index in [1.165, 1.54) is 0 Å². The van der Waals surface area contributed by atoms with Crippen LogP contribution in [-0.4, -0.2) is 37.2 Å². The Hall–Kier alpha value is -1.90.